The summed E-state index contributed by atoms with van der Waals surface area (Å²) >= 11 is 0. The molecule has 0 aliphatic heterocycles. The lowest BCUT2D eigenvalue weighted by Crippen LogP contribution is -2.40. The summed E-state index contributed by atoms with van der Waals surface area (Å²) in [6, 6.07) is 13.1. The van der Waals surface area contributed by atoms with Crippen molar-refractivity contribution in [3.63, 3.8) is 0 Å². The second-order valence-corrected chi connectivity index (χ2v) is 8.17. The maximum Gasteiger partial charge on any atom is 0.240 e. The van der Waals surface area contributed by atoms with Crippen molar-refractivity contribution >= 4 is 20.8 Å². The SMILES string of the molecule is CC(CNCCc1ccccc1F)NS(=O)(=O)c1ccc2cnccc2c1. The molecule has 0 radical (unpaired) electrons. The van der Waals surface area contributed by atoms with Crippen LogP contribution in [0, 0.1) is 5.82 Å². The largest absolute Gasteiger partial charge is 0.315 e. The first-order valence-corrected chi connectivity index (χ1v) is 10.2. The Hall–Kier alpha value is -2.35. The molecule has 2 aromatic carbocycles. The molecule has 1 unspecified atom stereocenters. The second kappa shape index (κ2) is 8.56. The predicted molar refractivity (Wildman–Crippen MR) is 105 cm³/mol. The van der Waals surface area contributed by atoms with E-state index in [0.29, 0.717) is 25.1 Å². The van der Waals surface area contributed by atoms with Crippen LogP contribution in [-0.4, -0.2) is 32.5 Å². The van der Waals surface area contributed by atoms with Gasteiger partial charge in [-0.2, -0.15) is 0 Å². The molecule has 0 fully saturated rings. The quantitative estimate of drug-likeness (QED) is 0.583. The predicted octanol–water partition coefficient (Wildman–Crippen LogP) is 2.87. The van der Waals surface area contributed by atoms with E-state index < -0.39 is 10.0 Å². The van der Waals surface area contributed by atoms with E-state index in [1.165, 1.54) is 6.07 Å². The summed E-state index contributed by atoms with van der Waals surface area (Å²) in [5, 5.41) is 4.87. The molecule has 2 N–H and O–H groups in total. The van der Waals surface area contributed by atoms with Crippen LogP contribution in [0.15, 0.2) is 65.8 Å². The topological polar surface area (TPSA) is 71.1 Å². The Morgan fingerprint density at radius 2 is 1.93 bits per heavy atom. The number of rotatable bonds is 8. The van der Waals surface area contributed by atoms with Gasteiger partial charge in [-0.3, -0.25) is 4.98 Å². The van der Waals surface area contributed by atoms with E-state index in [0.717, 1.165) is 10.8 Å². The molecule has 142 valence electrons. The van der Waals surface area contributed by atoms with Crippen molar-refractivity contribution in [2.45, 2.75) is 24.3 Å². The molecule has 1 atom stereocenters. The molecule has 0 bridgehead atoms. The average molecular weight is 387 g/mol. The minimum atomic E-state index is -3.62. The van der Waals surface area contributed by atoms with Gasteiger partial charge in [-0.1, -0.05) is 24.3 Å². The highest BCUT2D eigenvalue weighted by molar-refractivity contribution is 7.89. The van der Waals surface area contributed by atoms with E-state index in [1.807, 2.05) is 0 Å². The van der Waals surface area contributed by atoms with Gasteiger partial charge in [0.05, 0.1) is 4.90 Å². The second-order valence-electron chi connectivity index (χ2n) is 6.45. The van der Waals surface area contributed by atoms with Crippen LogP contribution in [0.2, 0.25) is 0 Å². The average Bonchev–Trinajstić information content (AvgIpc) is 2.66. The zero-order valence-electron chi connectivity index (χ0n) is 15.0. The lowest BCUT2D eigenvalue weighted by Gasteiger charge is -2.15. The van der Waals surface area contributed by atoms with Gasteiger partial charge in [0.15, 0.2) is 0 Å². The number of nitrogens with zero attached hydrogens (tertiary/aromatic N) is 1. The summed E-state index contributed by atoms with van der Waals surface area (Å²) in [5.41, 5.74) is 0.642. The van der Waals surface area contributed by atoms with E-state index in [-0.39, 0.29) is 16.8 Å². The van der Waals surface area contributed by atoms with Gasteiger partial charge < -0.3 is 5.32 Å². The standard InChI is InChI=1S/C20H22FN3O2S/c1-15(13-22-10-8-16-4-2-3-5-20(16)21)24-27(25,26)19-7-6-18-14-23-11-9-17(18)12-19/h2-7,9,11-12,14-15,22,24H,8,10,13H2,1H3. The van der Waals surface area contributed by atoms with Gasteiger partial charge in [0.25, 0.3) is 0 Å². The zero-order chi connectivity index (χ0) is 19.3. The van der Waals surface area contributed by atoms with Gasteiger partial charge in [-0.25, -0.2) is 17.5 Å². The maximum absolute atomic E-state index is 13.6. The van der Waals surface area contributed by atoms with Crippen molar-refractivity contribution in [2.24, 2.45) is 0 Å². The number of pyridine rings is 1. The first kappa shape index (κ1) is 19.4. The van der Waals surface area contributed by atoms with E-state index in [4.69, 9.17) is 0 Å². The highest BCUT2D eigenvalue weighted by Gasteiger charge is 2.17. The molecule has 0 aliphatic carbocycles. The van der Waals surface area contributed by atoms with Crippen LogP contribution in [0.25, 0.3) is 10.8 Å². The number of hydrogen-bond donors (Lipinski definition) is 2. The van der Waals surface area contributed by atoms with Crippen LogP contribution in [-0.2, 0) is 16.4 Å². The van der Waals surface area contributed by atoms with Crippen molar-refractivity contribution in [3.05, 3.63) is 72.3 Å². The fourth-order valence-corrected chi connectivity index (χ4v) is 4.12. The molecule has 5 nitrogen and oxygen atoms in total. The van der Waals surface area contributed by atoms with Crippen molar-refractivity contribution in [2.75, 3.05) is 13.1 Å². The molecule has 27 heavy (non-hydrogen) atoms. The van der Waals surface area contributed by atoms with E-state index in [2.05, 4.69) is 15.0 Å². The molecule has 0 spiro atoms. The van der Waals surface area contributed by atoms with Crippen LogP contribution in [0.5, 0.6) is 0 Å². The lowest BCUT2D eigenvalue weighted by molar-refractivity contribution is 0.534. The Labute approximate surface area is 158 Å². The normalized spacial score (nSPS) is 13.0. The fraction of sp³-hybridized carbons (Fsp3) is 0.250. The third-order valence-corrected chi connectivity index (χ3v) is 5.85. The smallest absolute Gasteiger partial charge is 0.240 e. The van der Waals surface area contributed by atoms with Gasteiger partial charge in [0.2, 0.25) is 10.0 Å². The van der Waals surface area contributed by atoms with Crippen molar-refractivity contribution in [1.82, 2.24) is 15.0 Å². The number of benzene rings is 2. The Morgan fingerprint density at radius 3 is 2.74 bits per heavy atom. The first-order valence-electron chi connectivity index (χ1n) is 8.76. The monoisotopic (exact) mass is 387 g/mol. The van der Waals surface area contributed by atoms with Gasteiger partial charge >= 0.3 is 0 Å². The van der Waals surface area contributed by atoms with E-state index in [1.54, 1.807) is 61.8 Å². The molecule has 3 aromatic rings. The van der Waals surface area contributed by atoms with Gasteiger partial charge in [0.1, 0.15) is 5.82 Å². The molecule has 3 rings (SSSR count). The van der Waals surface area contributed by atoms with E-state index >= 15 is 0 Å². The molecule has 7 heteroatoms. The molecular formula is C20H22FN3O2S. The van der Waals surface area contributed by atoms with Crippen LogP contribution in [0.4, 0.5) is 4.39 Å². The molecule has 0 saturated heterocycles. The molecule has 0 saturated carbocycles. The third-order valence-electron chi connectivity index (χ3n) is 4.26. The number of halogens is 1. The fourth-order valence-electron chi connectivity index (χ4n) is 2.85. The van der Waals surface area contributed by atoms with Crippen molar-refractivity contribution in [1.29, 1.82) is 0 Å². The highest BCUT2D eigenvalue weighted by Crippen LogP contribution is 2.18. The van der Waals surface area contributed by atoms with Gasteiger partial charge in [0, 0.05) is 30.4 Å². The molecule has 1 aromatic heterocycles. The lowest BCUT2D eigenvalue weighted by atomic mass is 10.1. The van der Waals surface area contributed by atoms with Gasteiger partial charge in [-0.15, -0.1) is 0 Å². The number of hydrogen-bond acceptors (Lipinski definition) is 4. The number of aromatic nitrogens is 1. The number of sulfonamides is 1. The molecule has 1 heterocycles. The summed E-state index contributed by atoms with van der Waals surface area (Å²) in [4.78, 5) is 4.25. The Bertz CT molecular complexity index is 1020. The van der Waals surface area contributed by atoms with Gasteiger partial charge in [-0.05, 0) is 55.1 Å². The summed E-state index contributed by atoms with van der Waals surface area (Å²) in [6.45, 7) is 2.81. The summed E-state index contributed by atoms with van der Waals surface area (Å²) in [6.07, 6.45) is 3.88. The van der Waals surface area contributed by atoms with Crippen molar-refractivity contribution in [3.8, 4) is 0 Å². The Morgan fingerprint density at radius 1 is 1.11 bits per heavy atom. The Balaban J connectivity index is 1.54. The molecule has 0 aliphatic rings. The summed E-state index contributed by atoms with van der Waals surface area (Å²) in [5.74, 6) is -0.223. The van der Waals surface area contributed by atoms with Crippen molar-refractivity contribution < 1.29 is 12.8 Å². The highest BCUT2D eigenvalue weighted by atomic mass is 32.2. The van der Waals surface area contributed by atoms with E-state index in [9.17, 15) is 12.8 Å². The zero-order valence-corrected chi connectivity index (χ0v) is 15.8. The van der Waals surface area contributed by atoms with Crippen LogP contribution >= 0.6 is 0 Å². The molecule has 0 amide bonds. The molecular weight excluding hydrogens is 365 g/mol. The Kier molecular flexibility index (Phi) is 6.15. The minimum absolute atomic E-state index is 0.222. The van der Waals surface area contributed by atoms with Crippen LogP contribution in [0.1, 0.15) is 12.5 Å². The number of nitrogens with one attached hydrogen (secondary N) is 2. The first-order chi connectivity index (χ1) is 13.0. The summed E-state index contributed by atoms with van der Waals surface area (Å²) < 4.78 is 41.4. The van der Waals surface area contributed by atoms with Crippen LogP contribution in [0.3, 0.4) is 0 Å². The minimum Gasteiger partial charge on any atom is -0.315 e. The third kappa shape index (κ3) is 5.09. The maximum atomic E-state index is 13.6. The summed E-state index contributed by atoms with van der Waals surface area (Å²) in [7, 11) is -3.62. The van der Waals surface area contributed by atoms with Crippen LogP contribution < -0.4 is 10.0 Å². The number of fused-ring (bicyclic) bond motifs is 1.